The Hall–Kier alpha value is -1.73. The summed E-state index contributed by atoms with van der Waals surface area (Å²) in [7, 11) is 0. The van der Waals surface area contributed by atoms with E-state index in [9.17, 15) is 0 Å². The van der Waals surface area contributed by atoms with Gasteiger partial charge in [-0.2, -0.15) is 0 Å². The summed E-state index contributed by atoms with van der Waals surface area (Å²) in [5.41, 5.74) is 0.771. The fraction of sp³-hybridized carbons (Fsp3) is 0.400. The van der Waals surface area contributed by atoms with Crippen molar-refractivity contribution in [1.29, 1.82) is 0 Å². The van der Waals surface area contributed by atoms with E-state index >= 15 is 0 Å². The van der Waals surface area contributed by atoms with Crippen LogP contribution in [-0.2, 0) is 0 Å². The van der Waals surface area contributed by atoms with Gasteiger partial charge in [-0.25, -0.2) is 9.97 Å². The smallest absolute Gasteiger partial charge is 0.225 e. The van der Waals surface area contributed by atoms with Crippen molar-refractivity contribution in [2.24, 2.45) is 4.99 Å². The van der Waals surface area contributed by atoms with Crippen LogP contribution in [0.2, 0.25) is 0 Å². The third-order valence-electron chi connectivity index (χ3n) is 3.33. The van der Waals surface area contributed by atoms with Crippen LogP contribution in [0.4, 0.5) is 5.95 Å². The van der Waals surface area contributed by atoms with Gasteiger partial charge in [0.05, 0.1) is 12.4 Å². The molecule has 1 aliphatic heterocycles. The van der Waals surface area contributed by atoms with Crippen molar-refractivity contribution in [3.05, 3.63) is 35.2 Å². The first kappa shape index (κ1) is 16.6. The highest BCUT2D eigenvalue weighted by Crippen LogP contribution is 2.19. The van der Waals surface area contributed by atoms with Gasteiger partial charge in [-0.1, -0.05) is 6.58 Å². The third kappa shape index (κ3) is 4.38. The number of aromatic nitrogens is 2. The van der Waals surface area contributed by atoms with Crippen LogP contribution in [0.15, 0.2) is 40.2 Å². The number of halogens is 1. The normalized spacial score (nSPS) is 18.9. The maximum atomic E-state index is 5.62. The Morgan fingerprint density at radius 2 is 2.32 bits per heavy atom. The van der Waals surface area contributed by atoms with E-state index in [1.54, 1.807) is 18.6 Å². The van der Waals surface area contributed by atoms with Crippen LogP contribution >= 0.6 is 15.9 Å². The molecule has 2 rings (SSSR count). The Bertz CT molecular complexity index is 558. The maximum Gasteiger partial charge on any atom is 0.225 e. The first-order valence-corrected chi connectivity index (χ1v) is 7.83. The van der Waals surface area contributed by atoms with Crippen molar-refractivity contribution in [2.45, 2.75) is 13.0 Å². The van der Waals surface area contributed by atoms with E-state index in [1.165, 1.54) is 0 Å². The summed E-state index contributed by atoms with van der Waals surface area (Å²) in [6, 6.07) is 0.382. The number of nitrogens with zero attached hydrogens (tertiary/aromatic N) is 4. The highest BCUT2D eigenvalue weighted by molar-refractivity contribution is 9.12. The molecule has 0 aliphatic carbocycles. The van der Waals surface area contributed by atoms with Gasteiger partial charge < -0.3 is 15.0 Å². The molecular weight excluding hydrogens is 346 g/mol. The average Bonchev–Trinajstić information content (AvgIpc) is 2.54. The molecule has 0 saturated carbocycles. The second-order valence-corrected chi connectivity index (χ2v) is 5.87. The lowest BCUT2D eigenvalue weighted by Gasteiger charge is -2.33. The summed E-state index contributed by atoms with van der Waals surface area (Å²) in [5, 5.41) is 3.35. The largest absolute Gasteiger partial charge is 0.486 e. The van der Waals surface area contributed by atoms with E-state index in [1.807, 2.05) is 0 Å². The van der Waals surface area contributed by atoms with Gasteiger partial charge in [0.2, 0.25) is 5.95 Å². The van der Waals surface area contributed by atoms with Gasteiger partial charge in [0.1, 0.15) is 6.61 Å². The molecule has 118 valence electrons. The molecule has 7 heteroatoms. The fourth-order valence-electron chi connectivity index (χ4n) is 2.08. The Morgan fingerprint density at radius 1 is 1.59 bits per heavy atom. The Labute approximate surface area is 139 Å². The van der Waals surface area contributed by atoms with Crippen molar-refractivity contribution < 1.29 is 4.74 Å². The number of piperazine rings is 1. The lowest BCUT2D eigenvalue weighted by molar-refractivity contribution is 0.352. The van der Waals surface area contributed by atoms with Crippen LogP contribution in [0.25, 0.3) is 0 Å². The second kappa shape index (κ2) is 8.05. The van der Waals surface area contributed by atoms with Gasteiger partial charge in [-0.05, 0) is 35.1 Å². The molecule has 1 fully saturated rings. The minimum atomic E-state index is 0.333. The van der Waals surface area contributed by atoms with Crippen LogP contribution in [-0.4, -0.2) is 49.0 Å². The monoisotopic (exact) mass is 365 g/mol. The third-order valence-corrected chi connectivity index (χ3v) is 4.09. The zero-order valence-corrected chi connectivity index (χ0v) is 14.2. The molecule has 0 spiro atoms. The molecule has 0 bridgehead atoms. The molecule has 1 N–H and O–H groups in total. The number of anilines is 1. The summed E-state index contributed by atoms with van der Waals surface area (Å²) in [5.74, 6) is 1.34. The number of nitrogens with one attached hydrogen (secondary N) is 1. The number of rotatable bonds is 6. The minimum Gasteiger partial charge on any atom is -0.486 e. The predicted molar refractivity (Wildman–Crippen MR) is 92.9 cm³/mol. The molecule has 1 aromatic rings. The number of ether oxygens (including phenoxy) is 1. The summed E-state index contributed by atoms with van der Waals surface area (Å²) in [6.45, 7) is 12.6. The quantitative estimate of drug-likeness (QED) is 0.618. The molecule has 6 nitrogen and oxygen atoms in total. The summed E-state index contributed by atoms with van der Waals surface area (Å²) >= 11 is 3.35. The maximum absolute atomic E-state index is 5.62. The molecule has 0 aromatic carbocycles. The molecule has 0 radical (unpaired) electrons. The Morgan fingerprint density at radius 3 is 2.95 bits per heavy atom. The van der Waals surface area contributed by atoms with Crippen LogP contribution in [0, 0.1) is 0 Å². The molecule has 1 aromatic heterocycles. The Kier molecular flexibility index (Phi) is 6.09. The first-order chi connectivity index (χ1) is 10.6. The van der Waals surface area contributed by atoms with Gasteiger partial charge in [-0.15, -0.1) is 0 Å². The summed E-state index contributed by atoms with van der Waals surface area (Å²) < 4.78 is 6.38. The molecule has 2 heterocycles. The molecular formula is C15H20BrN5O. The summed E-state index contributed by atoms with van der Waals surface area (Å²) in [6.07, 6.45) is 4.96. The van der Waals surface area contributed by atoms with E-state index in [4.69, 9.17) is 4.74 Å². The van der Waals surface area contributed by atoms with Gasteiger partial charge in [0.25, 0.3) is 0 Å². The van der Waals surface area contributed by atoms with Crippen molar-refractivity contribution >= 4 is 28.6 Å². The predicted octanol–water partition coefficient (Wildman–Crippen LogP) is 2.15. The first-order valence-electron chi connectivity index (χ1n) is 7.03. The van der Waals surface area contributed by atoms with Crippen LogP contribution in [0.1, 0.15) is 6.92 Å². The molecule has 22 heavy (non-hydrogen) atoms. The van der Waals surface area contributed by atoms with Crippen molar-refractivity contribution in [3.8, 4) is 5.75 Å². The van der Waals surface area contributed by atoms with Crippen LogP contribution < -0.4 is 15.0 Å². The van der Waals surface area contributed by atoms with E-state index in [2.05, 4.69) is 61.3 Å². The molecule has 1 aliphatic rings. The van der Waals surface area contributed by atoms with Crippen LogP contribution in [0.3, 0.4) is 0 Å². The second-order valence-electron chi connectivity index (χ2n) is 5.02. The van der Waals surface area contributed by atoms with Crippen molar-refractivity contribution in [1.82, 2.24) is 15.3 Å². The number of hydrogen-bond acceptors (Lipinski definition) is 6. The van der Waals surface area contributed by atoms with Gasteiger partial charge in [0, 0.05) is 36.4 Å². The summed E-state index contributed by atoms with van der Waals surface area (Å²) in [4.78, 5) is 14.6. The standard InChI is InChI=1S/C15H20BrN5O/c1-11(14(16)9-17-3)10-22-13-7-19-15(20-8-13)21-5-4-18-6-12(21)2/h7-9,12,18H,1,3-6,10H2,2H3/b14-9+/t12-/m1/s1. The number of aliphatic imine (C=N–C) groups is 1. The lowest BCUT2D eigenvalue weighted by Crippen LogP contribution is -2.50. The average molecular weight is 366 g/mol. The molecule has 1 atom stereocenters. The van der Waals surface area contributed by atoms with Crippen LogP contribution in [0.5, 0.6) is 5.75 Å². The van der Waals surface area contributed by atoms with E-state index < -0.39 is 0 Å². The topological polar surface area (TPSA) is 62.6 Å². The SMILES string of the molecule is C=N/C=C(/Br)C(=C)COc1cnc(N2CCNC[C@H]2C)nc1. The van der Waals surface area contributed by atoms with Gasteiger partial charge in [-0.3, -0.25) is 4.99 Å². The zero-order chi connectivity index (χ0) is 15.9. The van der Waals surface area contributed by atoms with Gasteiger partial charge >= 0.3 is 0 Å². The van der Waals surface area contributed by atoms with E-state index in [0.29, 0.717) is 18.4 Å². The fourth-order valence-corrected chi connectivity index (χ4v) is 2.34. The molecule has 0 unspecified atom stereocenters. The minimum absolute atomic E-state index is 0.333. The highest BCUT2D eigenvalue weighted by Gasteiger charge is 2.20. The van der Waals surface area contributed by atoms with Gasteiger partial charge in [0.15, 0.2) is 5.75 Å². The van der Waals surface area contributed by atoms with E-state index in [-0.39, 0.29) is 0 Å². The highest BCUT2D eigenvalue weighted by atomic mass is 79.9. The Balaban J connectivity index is 1.93. The molecule has 0 amide bonds. The lowest BCUT2D eigenvalue weighted by atomic mass is 10.2. The van der Waals surface area contributed by atoms with Crippen molar-refractivity contribution in [3.63, 3.8) is 0 Å². The van der Waals surface area contributed by atoms with E-state index in [0.717, 1.165) is 35.6 Å². The zero-order valence-electron chi connectivity index (χ0n) is 12.6. The number of hydrogen-bond donors (Lipinski definition) is 1. The van der Waals surface area contributed by atoms with Crippen molar-refractivity contribution in [2.75, 3.05) is 31.1 Å². The molecule has 1 saturated heterocycles.